The lowest BCUT2D eigenvalue weighted by molar-refractivity contribution is -0.137. The minimum absolute atomic E-state index is 0.0284. The number of ether oxygens (including phenoxy) is 1. The van der Waals surface area contributed by atoms with Crippen molar-refractivity contribution in [1.82, 2.24) is 20.0 Å². The first-order valence-corrected chi connectivity index (χ1v) is 10.5. The molecule has 3 aliphatic rings. The second kappa shape index (κ2) is 7.21. The van der Waals surface area contributed by atoms with Gasteiger partial charge in [0.2, 0.25) is 5.91 Å². The van der Waals surface area contributed by atoms with Crippen LogP contribution in [-0.4, -0.2) is 52.2 Å². The number of carbonyl (C=O) groups is 2. The van der Waals surface area contributed by atoms with Gasteiger partial charge in [0, 0.05) is 38.0 Å². The highest BCUT2D eigenvalue weighted by atomic mass is 16.5. The van der Waals surface area contributed by atoms with Crippen LogP contribution in [0.1, 0.15) is 40.5 Å². The van der Waals surface area contributed by atoms with Crippen LogP contribution >= 0.6 is 0 Å². The van der Waals surface area contributed by atoms with Crippen molar-refractivity contribution in [3.05, 3.63) is 46.8 Å². The summed E-state index contributed by atoms with van der Waals surface area (Å²) < 4.78 is 7.45. The summed E-state index contributed by atoms with van der Waals surface area (Å²) in [6, 6.07) is 6.06. The van der Waals surface area contributed by atoms with E-state index in [0.717, 1.165) is 49.4 Å². The van der Waals surface area contributed by atoms with Gasteiger partial charge < -0.3 is 15.0 Å². The first kappa shape index (κ1) is 18.2. The molecular weight excluding hydrogens is 368 g/mol. The lowest BCUT2D eigenvalue weighted by Crippen LogP contribution is -2.57. The number of aryl methyl sites for hydroxylation is 1. The summed E-state index contributed by atoms with van der Waals surface area (Å²) in [5.74, 6) is 1.33. The van der Waals surface area contributed by atoms with Gasteiger partial charge in [0.25, 0.3) is 5.91 Å². The maximum absolute atomic E-state index is 12.6. The molecule has 1 atom stereocenters. The molecule has 2 amide bonds. The molecular formula is C22H26N4O3. The fraction of sp³-hybridized carbons (Fsp3) is 0.500. The second-order valence-electron chi connectivity index (χ2n) is 8.37. The summed E-state index contributed by atoms with van der Waals surface area (Å²) in [6.07, 6.45) is 4.98. The Labute approximate surface area is 170 Å². The highest BCUT2D eigenvalue weighted by molar-refractivity contribution is 5.95. The van der Waals surface area contributed by atoms with Crippen molar-refractivity contribution in [2.75, 3.05) is 19.7 Å². The number of aromatic nitrogens is 2. The standard InChI is InChI=1S/C22H26N4O3/c1-14(24-22(28)18-11-23-26-7-2-3-19(18)26)17-12-25(13-17)21(27)10-15-4-5-20-16(9-15)6-8-29-20/h4-5,9,11,14,17H,2-3,6-8,10,12-13H2,1H3,(H,24,28). The third-order valence-electron chi connectivity index (χ3n) is 6.41. The van der Waals surface area contributed by atoms with Crippen LogP contribution in [0.15, 0.2) is 24.4 Å². The molecule has 7 heteroatoms. The van der Waals surface area contributed by atoms with Gasteiger partial charge in [0.15, 0.2) is 0 Å². The molecule has 7 nitrogen and oxygen atoms in total. The summed E-state index contributed by atoms with van der Waals surface area (Å²) in [6.45, 7) is 5.04. The first-order valence-electron chi connectivity index (χ1n) is 10.5. The average Bonchev–Trinajstić information content (AvgIpc) is 3.36. The van der Waals surface area contributed by atoms with Crippen molar-refractivity contribution in [2.24, 2.45) is 5.92 Å². The zero-order valence-corrected chi connectivity index (χ0v) is 16.7. The van der Waals surface area contributed by atoms with E-state index in [0.29, 0.717) is 31.0 Å². The average molecular weight is 394 g/mol. The molecule has 3 aliphatic heterocycles. The largest absolute Gasteiger partial charge is 0.493 e. The van der Waals surface area contributed by atoms with Crippen LogP contribution in [0, 0.1) is 5.92 Å². The zero-order chi connectivity index (χ0) is 20.0. The van der Waals surface area contributed by atoms with E-state index in [1.807, 2.05) is 28.6 Å². The van der Waals surface area contributed by atoms with E-state index in [2.05, 4.69) is 16.5 Å². The molecule has 1 fully saturated rings. The van der Waals surface area contributed by atoms with Crippen LogP contribution in [0.3, 0.4) is 0 Å². The molecule has 4 heterocycles. The number of hydrogen-bond acceptors (Lipinski definition) is 4. The van der Waals surface area contributed by atoms with Gasteiger partial charge in [0.1, 0.15) is 5.75 Å². The molecule has 29 heavy (non-hydrogen) atoms. The normalized spacial score (nSPS) is 18.6. The Balaban J connectivity index is 1.12. The van der Waals surface area contributed by atoms with E-state index < -0.39 is 0 Å². The number of hydrogen-bond donors (Lipinski definition) is 1. The second-order valence-corrected chi connectivity index (χ2v) is 8.37. The van der Waals surface area contributed by atoms with E-state index in [4.69, 9.17) is 4.74 Å². The number of fused-ring (bicyclic) bond motifs is 2. The number of benzene rings is 1. The highest BCUT2D eigenvalue weighted by Crippen LogP contribution is 2.27. The Morgan fingerprint density at radius 3 is 3.03 bits per heavy atom. The van der Waals surface area contributed by atoms with Crippen LogP contribution in [0.4, 0.5) is 0 Å². The molecule has 5 rings (SSSR count). The number of carbonyl (C=O) groups excluding carboxylic acids is 2. The number of likely N-dealkylation sites (tertiary alicyclic amines) is 1. The van der Waals surface area contributed by atoms with Crippen molar-refractivity contribution in [3.8, 4) is 5.75 Å². The van der Waals surface area contributed by atoms with Crippen molar-refractivity contribution in [3.63, 3.8) is 0 Å². The highest BCUT2D eigenvalue weighted by Gasteiger charge is 2.35. The van der Waals surface area contributed by atoms with E-state index >= 15 is 0 Å². The molecule has 0 aliphatic carbocycles. The van der Waals surface area contributed by atoms with Crippen molar-refractivity contribution in [1.29, 1.82) is 0 Å². The monoisotopic (exact) mass is 394 g/mol. The van der Waals surface area contributed by atoms with Gasteiger partial charge in [-0.3, -0.25) is 14.3 Å². The van der Waals surface area contributed by atoms with Crippen LogP contribution < -0.4 is 10.1 Å². The SMILES string of the molecule is CC(NC(=O)c1cnn2c1CCC2)C1CN(C(=O)Cc2ccc3c(c2)CCO3)C1. The molecule has 1 aromatic carbocycles. The fourth-order valence-corrected chi connectivity index (χ4v) is 4.52. The zero-order valence-electron chi connectivity index (χ0n) is 16.7. The summed E-state index contributed by atoms with van der Waals surface area (Å²) in [4.78, 5) is 27.1. The fourth-order valence-electron chi connectivity index (χ4n) is 4.52. The van der Waals surface area contributed by atoms with Gasteiger partial charge in [-0.2, -0.15) is 5.10 Å². The molecule has 0 radical (unpaired) electrons. The third-order valence-corrected chi connectivity index (χ3v) is 6.41. The lowest BCUT2D eigenvalue weighted by Gasteiger charge is -2.42. The van der Waals surface area contributed by atoms with E-state index in [9.17, 15) is 9.59 Å². The molecule has 1 saturated heterocycles. The summed E-state index contributed by atoms with van der Waals surface area (Å²) in [5.41, 5.74) is 3.97. The van der Waals surface area contributed by atoms with Crippen LogP contribution in [0.5, 0.6) is 5.75 Å². The minimum atomic E-state index is -0.0502. The maximum atomic E-state index is 12.6. The molecule has 1 aromatic heterocycles. The van der Waals surface area contributed by atoms with E-state index in [1.54, 1.807) is 6.20 Å². The molecule has 2 aromatic rings. The molecule has 1 unspecified atom stereocenters. The van der Waals surface area contributed by atoms with Gasteiger partial charge >= 0.3 is 0 Å². The van der Waals surface area contributed by atoms with Crippen molar-refractivity contribution in [2.45, 2.75) is 45.2 Å². The summed E-state index contributed by atoms with van der Waals surface area (Å²) in [7, 11) is 0. The Hall–Kier alpha value is -2.83. The summed E-state index contributed by atoms with van der Waals surface area (Å²) in [5, 5.41) is 7.40. The van der Waals surface area contributed by atoms with E-state index in [-0.39, 0.29) is 17.9 Å². The van der Waals surface area contributed by atoms with Gasteiger partial charge in [-0.15, -0.1) is 0 Å². The maximum Gasteiger partial charge on any atom is 0.254 e. The lowest BCUT2D eigenvalue weighted by atomic mass is 9.91. The molecule has 152 valence electrons. The smallest absolute Gasteiger partial charge is 0.254 e. The van der Waals surface area contributed by atoms with Gasteiger partial charge in [0.05, 0.1) is 30.5 Å². The molecule has 0 saturated carbocycles. The van der Waals surface area contributed by atoms with Gasteiger partial charge in [-0.25, -0.2) is 0 Å². The van der Waals surface area contributed by atoms with Crippen molar-refractivity contribution < 1.29 is 14.3 Å². The summed E-state index contributed by atoms with van der Waals surface area (Å²) >= 11 is 0. The van der Waals surface area contributed by atoms with Crippen LogP contribution in [0.2, 0.25) is 0 Å². The predicted molar refractivity (Wildman–Crippen MR) is 107 cm³/mol. The van der Waals surface area contributed by atoms with E-state index in [1.165, 1.54) is 5.56 Å². The molecule has 0 spiro atoms. The quantitative estimate of drug-likeness (QED) is 0.836. The number of rotatable bonds is 5. The number of nitrogens with one attached hydrogen (secondary N) is 1. The van der Waals surface area contributed by atoms with Crippen LogP contribution in [0.25, 0.3) is 0 Å². The van der Waals surface area contributed by atoms with Crippen molar-refractivity contribution >= 4 is 11.8 Å². The number of amides is 2. The minimum Gasteiger partial charge on any atom is -0.493 e. The Morgan fingerprint density at radius 2 is 2.17 bits per heavy atom. The van der Waals surface area contributed by atoms with Gasteiger partial charge in [-0.05, 0) is 37.0 Å². The van der Waals surface area contributed by atoms with Crippen LogP contribution in [-0.2, 0) is 30.6 Å². The Kier molecular flexibility index (Phi) is 4.53. The van der Waals surface area contributed by atoms with Gasteiger partial charge in [-0.1, -0.05) is 12.1 Å². The molecule has 1 N–H and O–H groups in total. The number of nitrogens with zero attached hydrogens (tertiary/aromatic N) is 3. The first-order chi connectivity index (χ1) is 14.1. The third kappa shape index (κ3) is 3.39. The topological polar surface area (TPSA) is 76.5 Å². The molecule has 0 bridgehead atoms. The Bertz CT molecular complexity index is 961. The predicted octanol–water partition coefficient (Wildman–Crippen LogP) is 1.58. The Morgan fingerprint density at radius 1 is 1.31 bits per heavy atom.